The van der Waals surface area contributed by atoms with Gasteiger partial charge in [0.05, 0.1) is 23.0 Å². The lowest BCUT2D eigenvalue weighted by atomic mass is 10.0. The Morgan fingerprint density at radius 1 is 1.15 bits per heavy atom. The molecule has 12 heteroatoms. The van der Waals surface area contributed by atoms with Crippen LogP contribution in [0.1, 0.15) is 45.9 Å². The minimum atomic E-state index is -4.54. The molecule has 4 heterocycles. The second-order valence-corrected chi connectivity index (χ2v) is 10.7. The number of carbonyl (C=O) groups is 1. The molecule has 0 bridgehead atoms. The van der Waals surface area contributed by atoms with Gasteiger partial charge in [0.25, 0.3) is 5.91 Å². The molecular formula is C27H29F3N6O2S. The topological polar surface area (TPSA) is 89.5 Å². The van der Waals surface area contributed by atoms with Crippen molar-refractivity contribution in [1.82, 2.24) is 24.3 Å². The van der Waals surface area contributed by atoms with Crippen LogP contribution in [-0.4, -0.2) is 63.5 Å². The van der Waals surface area contributed by atoms with Crippen LogP contribution in [0.4, 0.5) is 13.2 Å². The van der Waals surface area contributed by atoms with E-state index in [9.17, 15) is 18.0 Å². The summed E-state index contributed by atoms with van der Waals surface area (Å²) in [5.74, 6) is -0.604. The third-order valence-corrected chi connectivity index (χ3v) is 7.97. The molecule has 3 aromatic heterocycles. The summed E-state index contributed by atoms with van der Waals surface area (Å²) < 4.78 is 48.4. The van der Waals surface area contributed by atoms with Crippen LogP contribution in [0.25, 0.3) is 16.0 Å². The van der Waals surface area contributed by atoms with Crippen molar-refractivity contribution in [3.8, 4) is 10.8 Å². The number of amides is 1. The molecule has 4 aromatic rings. The minimum absolute atomic E-state index is 0.0309. The number of ether oxygens (including phenoxy) is 1. The van der Waals surface area contributed by atoms with Crippen LogP contribution in [0.3, 0.4) is 0 Å². The van der Waals surface area contributed by atoms with E-state index in [4.69, 9.17) is 10.5 Å². The fourth-order valence-corrected chi connectivity index (χ4v) is 5.73. The zero-order valence-corrected chi connectivity index (χ0v) is 22.4. The second kappa shape index (κ2) is 10.9. The molecule has 1 saturated heterocycles. The van der Waals surface area contributed by atoms with Crippen LogP contribution in [0.2, 0.25) is 0 Å². The number of nitrogens with zero attached hydrogens (tertiary/aromatic N) is 5. The van der Waals surface area contributed by atoms with E-state index >= 15 is 0 Å². The number of pyridine rings is 1. The minimum Gasteiger partial charge on any atom is -0.484 e. The Morgan fingerprint density at radius 2 is 1.95 bits per heavy atom. The van der Waals surface area contributed by atoms with Crippen LogP contribution in [0, 0.1) is 0 Å². The lowest BCUT2D eigenvalue weighted by molar-refractivity contribution is -0.139. The van der Waals surface area contributed by atoms with E-state index in [1.165, 1.54) is 25.1 Å². The Balaban J connectivity index is 1.44. The molecule has 0 aliphatic carbocycles. The quantitative estimate of drug-likeness (QED) is 0.348. The molecule has 206 valence electrons. The summed E-state index contributed by atoms with van der Waals surface area (Å²) in [5.41, 5.74) is 7.18. The molecule has 1 amide bonds. The molecule has 2 N–H and O–H groups in total. The molecular weight excluding hydrogens is 529 g/mol. The van der Waals surface area contributed by atoms with Crippen LogP contribution >= 0.6 is 11.3 Å². The first kappa shape index (κ1) is 27.1. The first-order valence-corrected chi connectivity index (χ1v) is 13.4. The number of imidazole rings is 1. The van der Waals surface area contributed by atoms with E-state index in [1.54, 1.807) is 18.6 Å². The van der Waals surface area contributed by atoms with Gasteiger partial charge in [-0.3, -0.25) is 19.2 Å². The van der Waals surface area contributed by atoms with Crippen molar-refractivity contribution in [1.29, 1.82) is 0 Å². The smallest absolute Gasteiger partial charge is 0.416 e. The van der Waals surface area contributed by atoms with Crippen molar-refractivity contribution in [2.45, 2.75) is 32.2 Å². The molecule has 5 rings (SSSR count). The van der Waals surface area contributed by atoms with Gasteiger partial charge in [-0.2, -0.15) is 13.2 Å². The zero-order valence-electron chi connectivity index (χ0n) is 21.6. The third kappa shape index (κ3) is 5.92. The van der Waals surface area contributed by atoms with Gasteiger partial charge in [-0.05, 0) is 45.6 Å². The van der Waals surface area contributed by atoms with Gasteiger partial charge in [0.1, 0.15) is 33.6 Å². The predicted octanol–water partition coefficient (Wildman–Crippen LogP) is 4.88. The maximum atomic E-state index is 13.6. The molecule has 0 saturated carbocycles. The Bertz CT molecular complexity index is 1480. The van der Waals surface area contributed by atoms with E-state index < -0.39 is 23.8 Å². The molecule has 0 radical (unpaired) electrons. The van der Waals surface area contributed by atoms with Crippen molar-refractivity contribution < 1.29 is 22.7 Å². The van der Waals surface area contributed by atoms with Gasteiger partial charge in [-0.15, -0.1) is 11.3 Å². The lowest BCUT2D eigenvalue weighted by Gasteiger charge is -2.19. The van der Waals surface area contributed by atoms with Crippen molar-refractivity contribution >= 4 is 28.3 Å². The molecule has 8 nitrogen and oxygen atoms in total. The van der Waals surface area contributed by atoms with E-state index in [2.05, 4.69) is 26.8 Å². The highest BCUT2D eigenvalue weighted by Crippen LogP contribution is 2.39. The predicted molar refractivity (Wildman–Crippen MR) is 143 cm³/mol. The van der Waals surface area contributed by atoms with E-state index in [-0.39, 0.29) is 16.2 Å². The van der Waals surface area contributed by atoms with Crippen LogP contribution in [0.15, 0.2) is 48.9 Å². The highest BCUT2D eigenvalue weighted by atomic mass is 32.1. The summed E-state index contributed by atoms with van der Waals surface area (Å²) in [4.78, 5) is 26.1. The van der Waals surface area contributed by atoms with Crippen molar-refractivity contribution in [2.24, 2.45) is 5.73 Å². The standard InChI is InChI=1S/C27H29F3N6O2S/c1-17(19-6-3-4-7-20(19)27(28,29)30)38-23-13-24(39-25(23)26(31)37)36-16-33-21-14-32-18(12-22(21)36)15-35-9-5-8-34(2)10-11-35/h3-4,6-7,12-14,16-17H,5,8-11,15H2,1-2H3,(H2,31,37)/t17-/m1/s1. The van der Waals surface area contributed by atoms with Crippen molar-refractivity contribution in [3.63, 3.8) is 0 Å². The fraction of sp³-hybridized carbons (Fsp3) is 0.370. The van der Waals surface area contributed by atoms with E-state index in [0.717, 1.165) is 61.2 Å². The number of alkyl halides is 3. The summed E-state index contributed by atoms with van der Waals surface area (Å²) >= 11 is 1.10. The maximum Gasteiger partial charge on any atom is 0.416 e. The highest BCUT2D eigenvalue weighted by molar-refractivity contribution is 7.16. The summed E-state index contributed by atoms with van der Waals surface area (Å²) in [6.07, 6.45) is -1.07. The first-order chi connectivity index (χ1) is 18.6. The molecule has 39 heavy (non-hydrogen) atoms. The van der Waals surface area contributed by atoms with Crippen molar-refractivity contribution in [2.75, 3.05) is 33.2 Å². The van der Waals surface area contributed by atoms with Crippen molar-refractivity contribution in [3.05, 3.63) is 70.6 Å². The fourth-order valence-electron chi connectivity index (χ4n) is 4.81. The number of likely N-dealkylation sites (N-methyl/N-ethyl adjacent to an activating group) is 1. The second-order valence-electron chi connectivity index (χ2n) is 9.70. The number of hydrogen-bond donors (Lipinski definition) is 1. The molecule has 1 fully saturated rings. The van der Waals surface area contributed by atoms with Gasteiger partial charge in [0.2, 0.25) is 0 Å². The molecule has 0 unspecified atom stereocenters. The number of rotatable bonds is 7. The summed E-state index contributed by atoms with van der Waals surface area (Å²) in [6, 6.07) is 8.81. The number of nitrogens with two attached hydrogens (primary N) is 1. The van der Waals surface area contributed by atoms with Crippen LogP contribution < -0.4 is 10.5 Å². The van der Waals surface area contributed by atoms with E-state index in [1.807, 2.05) is 10.6 Å². The monoisotopic (exact) mass is 558 g/mol. The van der Waals surface area contributed by atoms with Gasteiger partial charge < -0.3 is 15.4 Å². The number of aromatic nitrogens is 3. The van der Waals surface area contributed by atoms with Crippen LogP contribution in [0.5, 0.6) is 5.75 Å². The number of carbonyl (C=O) groups excluding carboxylic acids is 1. The number of benzene rings is 1. The lowest BCUT2D eigenvalue weighted by Crippen LogP contribution is -2.28. The molecule has 1 aromatic carbocycles. The summed E-state index contributed by atoms with van der Waals surface area (Å²) in [5, 5.41) is 0.603. The SMILES string of the molecule is C[C@@H](Oc1cc(-n2cnc3cnc(CN4CCCN(C)CC4)cc32)sc1C(N)=O)c1ccccc1C(F)(F)F. The van der Waals surface area contributed by atoms with Gasteiger partial charge in [-0.25, -0.2) is 4.98 Å². The number of thiophene rings is 1. The number of fused-ring (bicyclic) bond motifs is 1. The zero-order chi connectivity index (χ0) is 27.7. The molecule has 1 aliphatic rings. The van der Waals surface area contributed by atoms with Gasteiger partial charge in [0, 0.05) is 31.3 Å². The van der Waals surface area contributed by atoms with Gasteiger partial charge in [0.15, 0.2) is 0 Å². The highest BCUT2D eigenvalue weighted by Gasteiger charge is 2.35. The Kier molecular flexibility index (Phi) is 7.61. The summed E-state index contributed by atoms with van der Waals surface area (Å²) in [6.45, 7) is 6.24. The van der Waals surface area contributed by atoms with E-state index in [0.29, 0.717) is 17.1 Å². The van der Waals surface area contributed by atoms with Crippen LogP contribution in [-0.2, 0) is 12.7 Å². The number of hydrogen-bond acceptors (Lipinski definition) is 7. The average Bonchev–Trinajstić information content (AvgIpc) is 3.44. The first-order valence-electron chi connectivity index (χ1n) is 12.6. The number of primary amides is 1. The molecule has 0 spiro atoms. The average molecular weight is 559 g/mol. The maximum absolute atomic E-state index is 13.6. The number of halogens is 3. The van der Waals surface area contributed by atoms with Gasteiger partial charge in [-0.1, -0.05) is 18.2 Å². The Morgan fingerprint density at radius 3 is 2.72 bits per heavy atom. The Labute approximate surface area is 227 Å². The normalized spacial score (nSPS) is 16.3. The Hall–Kier alpha value is -3.48. The summed E-state index contributed by atoms with van der Waals surface area (Å²) in [7, 11) is 2.13. The van der Waals surface area contributed by atoms with Gasteiger partial charge >= 0.3 is 6.18 Å². The third-order valence-electron chi connectivity index (χ3n) is 6.84. The molecule has 1 aliphatic heterocycles. The largest absolute Gasteiger partial charge is 0.484 e. The molecule has 1 atom stereocenters.